The SMILES string of the molecule is COCCCOc1cc2c(cc1OC)-c1c(c(OS(=O)(=O)C(F)(F)F)c(C(=O)OC)c(=O)n1Cc1ccccc1)C(C(C)C)C2. The average Bonchev–Trinajstić information content (AvgIpc) is 2.99. The molecule has 0 amide bonds. The number of halogens is 3. The van der Waals surface area contributed by atoms with Crippen LogP contribution < -0.4 is 19.2 Å². The molecule has 0 saturated heterocycles. The molecule has 1 atom stereocenters. The van der Waals surface area contributed by atoms with Crippen LogP contribution in [-0.4, -0.2) is 59.0 Å². The number of hydrogen-bond acceptors (Lipinski definition) is 9. The Balaban J connectivity index is 2.13. The summed E-state index contributed by atoms with van der Waals surface area (Å²) in [6.45, 7) is 4.24. The first kappa shape index (κ1) is 33.8. The predicted molar refractivity (Wildman–Crippen MR) is 158 cm³/mol. The summed E-state index contributed by atoms with van der Waals surface area (Å²) in [6, 6.07) is 12.0. The van der Waals surface area contributed by atoms with Gasteiger partial charge >= 0.3 is 21.6 Å². The largest absolute Gasteiger partial charge is 0.534 e. The zero-order chi connectivity index (χ0) is 33.1. The van der Waals surface area contributed by atoms with E-state index in [1.807, 2.05) is 0 Å². The summed E-state index contributed by atoms with van der Waals surface area (Å²) in [6.07, 6.45) is 0.778. The van der Waals surface area contributed by atoms with Crippen molar-refractivity contribution in [3.63, 3.8) is 0 Å². The molecule has 0 spiro atoms. The van der Waals surface area contributed by atoms with Crippen molar-refractivity contribution in [2.45, 2.75) is 44.7 Å². The summed E-state index contributed by atoms with van der Waals surface area (Å²) >= 11 is 0. The number of benzene rings is 2. The van der Waals surface area contributed by atoms with Crippen molar-refractivity contribution < 1.29 is 49.5 Å². The molecule has 45 heavy (non-hydrogen) atoms. The molecule has 0 fully saturated rings. The first-order valence-electron chi connectivity index (χ1n) is 14.0. The molecule has 4 rings (SSSR count). The molecule has 2 aromatic carbocycles. The number of aromatic nitrogens is 1. The number of methoxy groups -OCH3 is 3. The molecular formula is C31H34F3NO9S. The van der Waals surface area contributed by atoms with Gasteiger partial charge in [0, 0.05) is 31.3 Å². The maximum Gasteiger partial charge on any atom is 0.534 e. The van der Waals surface area contributed by atoms with Gasteiger partial charge in [-0.25, -0.2) is 4.79 Å². The number of carbonyl (C=O) groups is 1. The number of carbonyl (C=O) groups excluding carboxylic acids is 1. The Kier molecular flexibility index (Phi) is 10.2. The van der Waals surface area contributed by atoms with Gasteiger partial charge in [-0.1, -0.05) is 44.2 Å². The van der Waals surface area contributed by atoms with Gasteiger partial charge in [-0.3, -0.25) is 4.79 Å². The second-order valence-corrected chi connectivity index (χ2v) is 12.3. The fraction of sp³-hybridized carbons (Fsp3) is 0.419. The lowest BCUT2D eigenvalue weighted by molar-refractivity contribution is -0.0501. The van der Waals surface area contributed by atoms with Crippen LogP contribution >= 0.6 is 0 Å². The van der Waals surface area contributed by atoms with Gasteiger partial charge in [-0.15, -0.1) is 0 Å². The van der Waals surface area contributed by atoms with E-state index in [2.05, 4.69) is 0 Å². The molecule has 14 heteroatoms. The van der Waals surface area contributed by atoms with Crippen LogP contribution in [0.15, 0.2) is 47.3 Å². The third-order valence-electron chi connectivity index (χ3n) is 7.52. The second kappa shape index (κ2) is 13.5. The van der Waals surface area contributed by atoms with E-state index in [9.17, 15) is 31.2 Å². The molecular weight excluding hydrogens is 619 g/mol. The van der Waals surface area contributed by atoms with Crippen molar-refractivity contribution in [3.05, 3.63) is 75.1 Å². The molecule has 0 N–H and O–H groups in total. The standard InChI is InChI=1S/C31H34F3NO9S/c1-18(2)21-14-20-15-24(43-13-9-12-40-3)23(41-4)16-22(20)27-25(21)28(44-45(38,39)31(32,33)34)26(30(37)42-5)29(36)35(27)17-19-10-7-6-8-11-19/h6-8,10-11,15-16,18,21H,9,12-14,17H2,1-5H3. The molecule has 10 nitrogen and oxygen atoms in total. The highest BCUT2D eigenvalue weighted by Crippen LogP contribution is 2.50. The molecule has 1 heterocycles. The van der Waals surface area contributed by atoms with Crippen LogP contribution in [0.25, 0.3) is 11.3 Å². The van der Waals surface area contributed by atoms with E-state index in [0.29, 0.717) is 42.1 Å². The van der Waals surface area contributed by atoms with Crippen LogP contribution in [0, 0.1) is 5.92 Å². The van der Waals surface area contributed by atoms with Gasteiger partial charge in [-0.2, -0.15) is 21.6 Å². The van der Waals surface area contributed by atoms with Crippen molar-refractivity contribution in [1.82, 2.24) is 4.57 Å². The lowest BCUT2D eigenvalue weighted by Gasteiger charge is -2.34. The molecule has 0 saturated carbocycles. The average molecular weight is 654 g/mol. The Morgan fingerprint density at radius 2 is 1.73 bits per heavy atom. The third kappa shape index (κ3) is 6.81. The minimum absolute atomic E-state index is 0.0444. The van der Waals surface area contributed by atoms with E-state index < -0.39 is 44.4 Å². The highest BCUT2D eigenvalue weighted by atomic mass is 32.2. The van der Waals surface area contributed by atoms with Gasteiger partial charge in [-0.05, 0) is 41.5 Å². The Morgan fingerprint density at radius 3 is 2.31 bits per heavy atom. The van der Waals surface area contributed by atoms with Gasteiger partial charge in [0.05, 0.1) is 33.1 Å². The Labute approximate surface area is 258 Å². The molecule has 1 aromatic heterocycles. The van der Waals surface area contributed by atoms with Crippen LogP contribution in [0.5, 0.6) is 17.2 Å². The normalized spacial score (nSPS) is 14.5. The van der Waals surface area contributed by atoms with E-state index in [1.54, 1.807) is 63.4 Å². The minimum atomic E-state index is -6.31. The summed E-state index contributed by atoms with van der Waals surface area (Å²) < 4.78 is 93.2. The number of pyridine rings is 1. The zero-order valence-electron chi connectivity index (χ0n) is 25.4. The van der Waals surface area contributed by atoms with Crippen molar-refractivity contribution in [3.8, 4) is 28.5 Å². The summed E-state index contributed by atoms with van der Waals surface area (Å²) in [5, 5.41) is 0. The third-order valence-corrected chi connectivity index (χ3v) is 8.47. The second-order valence-electron chi connectivity index (χ2n) is 10.7. The number of fused-ring (bicyclic) bond motifs is 3. The molecule has 1 unspecified atom stereocenters. The fourth-order valence-corrected chi connectivity index (χ4v) is 5.84. The number of nitrogens with zero attached hydrogens (tertiary/aromatic N) is 1. The monoisotopic (exact) mass is 653 g/mol. The summed E-state index contributed by atoms with van der Waals surface area (Å²) in [5.41, 5.74) is -6.17. The molecule has 0 bridgehead atoms. The van der Waals surface area contributed by atoms with Crippen molar-refractivity contribution in [2.24, 2.45) is 5.92 Å². The minimum Gasteiger partial charge on any atom is -0.493 e. The quantitative estimate of drug-likeness (QED) is 0.111. The number of alkyl halides is 3. The van der Waals surface area contributed by atoms with Crippen molar-refractivity contribution >= 4 is 16.1 Å². The van der Waals surface area contributed by atoms with Crippen LogP contribution in [-0.2, 0) is 32.6 Å². The van der Waals surface area contributed by atoms with Gasteiger partial charge in [0.2, 0.25) is 0 Å². The highest BCUT2D eigenvalue weighted by molar-refractivity contribution is 7.88. The van der Waals surface area contributed by atoms with Gasteiger partial charge < -0.3 is 27.7 Å². The van der Waals surface area contributed by atoms with E-state index in [0.717, 1.165) is 7.11 Å². The molecule has 1 aliphatic carbocycles. The van der Waals surface area contributed by atoms with Gasteiger partial charge in [0.15, 0.2) is 22.8 Å². The van der Waals surface area contributed by atoms with E-state index >= 15 is 0 Å². The van der Waals surface area contributed by atoms with Crippen molar-refractivity contribution in [2.75, 3.05) is 34.5 Å². The molecule has 244 valence electrons. The molecule has 3 aromatic rings. The van der Waals surface area contributed by atoms with Crippen molar-refractivity contribution in [1.29, 1.82) is 0 Å². The molecule has 0 radical (unpaired) electrons. The fourth-order valence-electron chi connectivity index (χ4n) is 5.36. The maximum absolute atomic E-state index is 14.2. The topological polar surface area (TPSA) is 119 Å². The maximum atomic E-state index is 14.2. The van der Waals surface area contributed by atoms with E-state index in [4.69, 9.17) is 23.1 Å². The van der Waals surface area contributed by atoms with Gasteiger partial charge in [0.1, 0.15) is 0 Å². The van der Waals surface area contributed by atoms with Gasteiger partial charge in [0.25, 0.3) is 5.56 Å². The number of ether oxygens (including phenoxy) is 4. The molecule has 0 aliphatic heterocycles. The number of rotatable bonds is 12. The highest BCUT2D eigenvalue weighted by Gasteiger charge is 2.50. The number of esters is 1. The number of hydrogen-bond donors (Lipinski definition) is 0. The van der Waals surface area contributed by atoms with E-state index in [-0.39, 0.29) is 35.9 Å². The molecule has 1 aliphatic rings. The van der Waals surface area contributed by atoms with E-state index in [1.165, 1.54) is 11.7 Å². The lowest BCUT2D eigenvalue weighted by Crippen LogP contribution is -2.36. The van der Waals surface area contributed by atoms with Crippen LogP contribution in [0.4, 0.5) is 13.2 Å². The summed E-state index contributed by atoms with van der Waals surface area (Å²) in [5.74, 6) is -2.71. The van der Waals surface area contributed by atoms with Crippen LogP contribution in [0.3, 0.4) is 0 Å². The Hall–Kier alpha value is -4.04. The van der Waals surface area contributed by atoms with Crippen LogP contribution in [0.2, 0.25) is 0 Å². The lowest BCUT2D eigenvalue weighted by atomic mass is 9.74. The van der Waals surface area contributed by atoms with Crippen LogP contribution in [0.1, 0.15) is 53.2 Å². The predicted octanol–water partition coefficient (Wildman–Crippen LogP) is 5.30. The Morgan fingerprint density at radius 1 is 1.04 bits per heavy atom. The smallest absolute Gasteiger partial charge is 0.493 e. The Bertz CT molecular complexity index is 1720. The summed E-state index contributed by atoms with van der Waals surface area (Å²) in [7, 11) is -2.40. The zero-order valence-corrected chi connectivity index (χ0v) is 26.2. The first-order chi connectivity index (χ1) is 21.2. The first-order valence-corrected chi connectivity index (χ1v) is 15.4. The summed E-state index contributed by atoms with van der Waals surface area (Å²) in [4.78, 5) is 27.2.